The van der Waals surface area contributed by atoms with Gasteiger partial charge in [0.15, 0.2) is 5.11 Å². The minimum Gasteiger partial charge on any atom is -0.478 e. The number of rotatable bonds is 5. The summed E-state index contributed by atoms with van der Waals surface area (Å²) in [4.78, 5) is 20.9. The van der Waals surface area contributed by atoms with Crippen LogP contribution in [0.5, 0.6) is 0 Å². The number of anilines is 1. The zero-order valence-electron chi connectivity index (χ0n) is 11.9. The lowest BCUT2D eigenvalue weighted by molar-refractivity contribution is -0.384. The minimum atomic E-state index is -0.972. The Labute approximate surface area is 137 Å². The number of carboxylic acids is 1. The molecule has 118 valence electrons. The predicted molar refractivity (Wildman–Crippen MR) is 89.6 cm³/mol. The molecule has 0 aliphatic carbocycles. The van der Waals surface area contributed by atoms with Crippen molar-refractivity contribution in [3.8, 4) is 0 Å². The van der Waals surface area contributed by atoms with Crippen LogP contribution in [0.25, 0.3) is 0 Å². The lowest BCUT2D eigenvalue weighted by atomic mass is 10.1. The first-order valence-corrected chi connectivity index (χ1v) is 6.98. The van der Waals surface area contributed by atoms with Crippen molar-refractivity contribution >= 4 is 34.7 Å². The highest BCUT2D eigenvalue weighted by atomic mass is 32.1. The molecule has 0 unspecified atom stereocenters. The van der Waals surface area contributed by atoms with E-state index in [9.17, 15) is 14.9 Å². The van der Waals surface area contributed by atoms with E-state index in [1.165, 1.54) is 24.3 Å². The second kappa shape index (κ2) is 7.32. The number of non-ortho nitro benzene ring substituents is 1. The molecule has 0 heterocycles. The Morgan fingerprint density at radius 3 is 2.26 bits per heavy atom. The molecule has 2 aromatic carbocycles. The van der Waals surface area contributed by atoms with E-state index < -0.39 is 10.9 Å². The number of hydrogen-bond donors (Lipinski definition) is 3. The zero-order valence-corrected chi connectivity index (χ0v) is 12.7. The molecule has 0 aliphatic rings. The van der Waals surface area contributed by atoms with Gasteiger partial charge >= 0.3 is 5.97 Å². The van der Waals surface area contributed by atoms with E-state index in [1.54, 1.807) is 24.3 Å². The van der Waals surface area contributed by atoms with Crippen LogP contribution in [0, 0.1) is 10.1 Å². The average molecular weight is 331 g/mol. The van der Waals surface area contributed by atoms with Gasteiger partial charge in [0.05, 0.1) is 10.5 Å². The van der Waals surface area contributed by atoms with E-state index in [0.717, 1.165) is 5.56 Å². The fourth-order valence-electron chi connectivity index (χ4n) is 1.79. The van der Waals surface area contributed by atoms with Crippen molar-refractivity contribution in [2.75, 3.05) is 5.32 Å². The molecule has 0 amide bonds. The molecule has 7 nitrogen and oxygen atoms in total. The van der Waals surface area contributed by atoms with Crippen LogP contribution in [-0.4, -0.2) is 21.1 Å². The lowest BCUT2D eigenvalue weighted by Gasteiger charge is -2.10. The fourth-order valence-corrected chi connectivity index (χ4v) is 1.98. The van der Waals surface area contributed by atoms with Crippen molar-refractivity contribution in [2.45, 2.75) is 6.54 Å². The SMILES string of the molecule is O=C(O)c1ccc(CNC(=S)Nc2ccc([N+](=O)[O-])cc2)cc1. The minimum absolute atomic E-state index is 0.00736. The Kier molecular flexibility index (Phi) is 5.21. The monoisotopic (exact) mass is 331 g/mol. The van der Waals surface area contributed by atoms with Gasteiger partial charge in [0.2, 0.25) is 0 Å². The Morgan fingerprint density at radius 2 is 1.74 bits per heavy atom. The van der Waals surface area contributed by atoms with E-state index in [0.29, 0.717) is 17.3 Å². The Bertz CT molecular complexity index is 729. The highest BCUT2D eigenvalue weighted by Crippen LogP contribution is 2.15. The van der Waals surface area contributed by atoms with Crippen LogP contribution in [-0.2, 0) is 6.54 Å². The van der Waals surface area contributed by atoms with Gasteiger partial charge in [0.1, 0.15) is 0 Å². The average Bonchev–Trinajstić information content (AvgIpc) is 2.54. The van der Waals surface area contributed by atoms with Crippen molar-refractivity contribution < 1.29 is 14.8 Å². The summed E-state index contributed by atoms with van der Waals surface area (Å²) in [5.41, 5.74) is 1.74. The molecular formula is C15H13N3O4S. The second-order valence-electron chi connectivity index (χ2n) is 4.61. The molecule has 2 rings (SSSR count). The third kappa shape index (κ3) is 4.75. The topological polar surface area (TPSA) is 104 Å². The molecule has 2 aromatic rings. The first-order valence-electron chi connectivity index (χ1n) is 6.57. The summed E-state index contributed by atoms with van der Waals surface area (Å²) in [6.07, 6.45) is 0. The van der Waals surface area contributed by atoms with Crippen LogP contribution < -0.4 is 10.6 Å². The van der Waals surface area contributed by atoms with E-state index in [-0.39, 0.29) is 11.3 Å². The number of thiocarbonyl (C=S) groups is 1. The summed E-state index contributed by atoms with van der Waals surface area (Å²) in [5.74, 6) is -0.972. The Balaban J connectivity index is 1.87. The van der Waals surface area contributed by atoms with Gasteiger partial charge in [-0.2, -0.15) is 0 Å². The molecule has 0 spiro atoms. The highest BCUT2D eigenvalue weighted by Gasteiger charge is 2.05. The molecule has 0 radical (unpaired) electrons. The zero-order chi connectivity index (χ0) is 16.8. The van der Waals surface area contributed by atoms with Crippen molar-refractivity contribution in [3.05, 3.63) is 69.8 Å². The molecule has 3 N–H and O–H groups in total. The first kappa shape index (κ1) is 16.4. The van der Waals surface area contributed by atoms with Gasteiger partial charge in [0, 0.05) is 24.4 Å². The summed E-state index contributed by atoms with van der Waals surface area (Å²) >= 11 is 5.14. The van der Waals surface area contributed by atoms with E-state index >= 15 is 0 Å². The third-order valence-corrected chi connectivity index (χ3v) is 3.24. The van der Waals surface area contributed by atoms with Gasteiger partial charge in [-0.3, -0.25) is 10.1 Å². The Hall–Kier alpha value is -3.00. The molecule has 8 heteroatoms. The normalized spacial score (nSPS) is 9.91. The van der Waals surface area contributed by atoms with E-state index in [4.69, 9.17) is 17.3 Å². The predicted octanol–water partition coefficient (Wildman–Crippen LogP) is 2.78. The van der Waals surface area contributed by atoms with Gasteiger partial charge in [0.25, 0.3) is 5.69 Å². The maximum atomic E-state index is 10.8. The molecule has 0 bridgehead atoms. The molecular weight excluding hydrogens is 318 g/mol. The van der Waals surface area contributed by atoms with Crippen LogP contribution >= 0.6 is 12.2 Å². The number of benzene rings is 2. The Morgan fingerprint density at radius 1 is 1.13 bits per heavy atom. The van der Waals surface area contributed by atoms with Crippen LogP contribution in [0.1, 0.15) is 15.9 Å². The van der Waals surface area contributed by atoms with Crippen molar-refractivity contribution in [2.24, 2.45) is 0 Å². The maximum Gasteiger partial charge on any atom is 0.335 e. The number of carboxylic acid groups (broad SMARTS) is 1. The smallest absolute Gasteiger partial charge is 0.335 e. The van der Waals surface area contributed by atoms with Crippen LogP contribution in [0.2, 0.25) is 0 Å². The van der Waals surface area contributed by atoms with Gasteiger partial charge in [-0.05, 0) is 42.0 Å². The quantitative estimate of drug-likeness (QED) is 0.439. The number of nitro benzene ring substituents is 1. The fraction of sp³-hybridized carbons (Fsp3) is 0.0667. The van der Waals surface area contributed by atoms with Crippen LogP contribution in [0.4, 0.5) is 11.4 Å². The molecule has 0 saturated heterocycles. The number of hydrogen-bond acceptors (Lipinski definition) is 4. The summed E-state index contributed by atoms with van der Waals surface area (Å²) in [5, 5.41) is 25.6. The molecule has 0 fully saturated rings. The van der Waals surface area contributed by atoms with Crippen molar-refractivity contribution in [1.82, 2.24) is 5.32 Å². The number of aromatic carboxylic acids is 1. The van der Waals surface area contributed by atoms with Gasteiger partial charge in [-0.25, -0.2) is 4.79 Å². The van der Waals surface area contributed by atoms with Crippen LogP contribution in [0.3, 0.4) is 0 Å². The van der Waals surface area contributed by atoms with Gasteiger partial charge in [-0.1, -0.05) is 12.1 Å². The molecule has 23 heavy (non-hydrogen) atoms. The number of nitrogens with one attached hydrogen (secondary N) is 2. The summed E-state index contributed by atoms with van der Waals surface area (Å²) < 4.78 is 0. The largest absolute Gasteiger partial charge is 0.478 e. The van der Waals surface area contributed by atoms with Crippen molar-refractivity contribution in [1.29, 1.82) is 0 Å². The van der Waals surface area contributed by atoms with Crippen LogP contribution in [0.15, 0.2) is 48.5 Å². The van der Waals surface area contributed by atoms with E-state index in [1.807, 2.05) is 0 Å². The van der Waals surface area contributed by atoms with Gasteiger partial charge in [-0.15, -0.1) is 0 Å². The summed E-state index contributed by atoms with van der Waals surface area (Å²) in [6.45, 7) is 0.429. The molecule has 0 aliphatic heterocycles. The standard InChI is InChI=1S/C15H13N3O4S/c19-14(20)11-3-1-10(2-4-11)9-16-15(23)17-12-5-7-13(8-6-12)18(21)22/h1-8H,9H2,(H,19,20)(H2,16,17,23). The second-order valence-corrected chi connectivity index (χ2v) is 5.02. The highest BCUT2D eigenvalue weighted by molar-refractivity contribution is 7.80. The first-order chi connectivity index (χ1) is 11.0. The van der Waals surface area contributed by atoms with Crippen molar-refractivity contribution in [3.63, 3.8) is 0 Å². The lowest BCUT2D eigenvalue weighted by Crippen LogP contribution is -2.27. The molecule has 0 atom stereocenters. The number of carbonyl (C=O) groups is 1. The molecule has 0 saturated carbocycles. The summed E-state index contributed by atoms with van der Waals surface area (Å²) in [7, 11) is 0. The summed E-state index contributed by atoms with van der Waals surface area (Å²) in [6, 6.07) is 12.3. The van der Waals surface area contributed by atoms with Gasteiger partial charge < -0.3 is 15.7 Å². The number of nitrogens with zero attached hydrogens (tertiary/aromatic N) is 1. The molecule has 0 aromatic heterocycles. The third-order valence-electron chi connectivity index (χ3n) is 2.99. The maximum absolute atomic E-state index is 10.8. The number of nitro groups is 1. The van der Waals surface area contributed by atoms with E-state index in [2.05, 4.69) is 10.6 Å².